The molecule has 0 bridgehead atoms. The van der Waals surface area contributed by atoms with E-state index in [9.17, 15) is 13.6 Å². The highest BCUT2D eigenvalue weighted by molar-refractivity contribution is 5.72. The summed E-state index contributed by atoms with van der Waals surface area (Å²) in [6, 6.07) is 7.71. The quantitative estimate of drug-likeness (QED) is 0.664. The molecule has 2 atom stereocenters. The van der Waals surface area contributed by atoms with Gasteiger partial charge in [0.1, 0.15) is 5.69 Å². The van der Waals surface area contributed by atoms with Crippen LogP contribution in [0.25, 0.3) is 11.5 Å². The molecule has 1 aliphatic heterocycles. The number of ether oxygens (including phenoxy) is 1. The van der Waals surface area contributed by atoms with E-state index in [-0.39, 0.29) is 6.04 Å². The van der Waals surface area contributed by atoms with Gasteiger partial charge in [0.2, 0.25) is 5.82 Å². The van der Waals surface area contributed by atoms with Crippen LogP contribution in [0.2, 0.25) is 0 Å². The van der Waals surface area contributed by atoms with Gasteiger partial charge in [-0.1, -0.05) is 6.07 Å². The number of aromatic nitrogens is 3. The van der Waals surface area contributed by atoms with Crippen molar-refractivity contribution in [3.63, 3.8) is 0 Å². The second-order valence-corrected chi connectivity index (χ2v) is 7.27. The summed E-state index contributed by atoms with van der Waals surface area (Å²) >= 11 is 0. The van der Waals surface area contributed by atoms with Crippen molar-refractivity contribution in [2.24, 2.45) is 0 Å². The van der Waals surface area contributed by atoms with Gasteiger partial charge in [0.15, 0.2) is 23.5 Å². The molecule has 160 valence electrons. The molecule has 2 aromatic heterocycles. The smallest absolute Gasteiger partial charge is 0.344 e. The third-order valence-corrected chi connectivity index (χ3v) is 5.26. The first-order valence-electron chi connectivity index (χ1n) is 9.77. The molecule has 0 amide bonds. The van der Waals surface area contributed by atoms with Crippen LogP contribution in [0.15, 0.2) is 42.7 Å². The molecule has 31 heavy (non-hydrogen) atoms. The van der Waals surface area contributed by atoms with E-state index < -0.39 is 29.5 Å². The monoisotopic (exact) mass is 426 g/mol. The maximum absolute atomic E-state index is 14.2. The molecule has 9 heteroatoms. The predicted molar refractivity (Wildman–Crippen MR) is 109 cm³/mol. The average molecular weight is 426 g/mol. The zero-order valence-electron chi connectivity index (χ0n) is 16.9. The van der Waals surface area contributed by atoms with Crippen LogP contribution in [-0.2, 0) is 11.2 Å². The Morgan fingerprint density at radius 2 is 2.10 bits per heavy atom. The fourth-order valence-corrected chi connectivity index (χ4v) is 3.58. The number of carboxylic acids is 1. The van der Waals surface area contributed by atoms with E-state index in [0.29, 0.717) is 30.2 Å². The average Bonchev–Trinajstić information content (AvgIpc) is 2.77. The Morgan fingerprint density at radius 3 is 2.81 bits per heavy atom. The van der Waals surface area contributed by atoms with Crippen LogP contribution in [0.4, 0.5) is 14.5 Å². The lowest BCUT2D eigenvalue weighted by Gasteiger charge is -2.36. The highest BCUT2D eigenvalue weighted by atomic mass is 19.2. The zero-order valence-corrected chi connectivity index (χ0v) is 16.9. The molecular formula is C22H20F2N4O3. The molecule has 3 aromatic rings. The van der Waals surface area contributed by atoms with E-state index >= 15 is 0 Å². The van der Waals surface area contributed by atoms with Crippen molar-refractivity contribution in [1.29, 1.82) is 0 Å². The number of rotatable bonds is 5. The maximum Gasteiger partial charge on any atom is 0.344 e. The molecule has 2 unspecified atom stereocenters. The van der Waals surface area contributed by atoms with Crippen molar-refractivity contribution in [2.75, 3.05) is 11.4 Å². The highest BCUT2D eigenvalue weighted by Crippen LogP contribution is 2.36. The van der Waals surface area contributed by atoms with Gasteiger partial charge in [-0.3, -0.25) is 4.98 Å². The van der Waals surface area contributed by atoms with Gasteiger partial charge in [0.25, 0.3) is 0 Å². The Labute approximate surface area is 177 Å². The Morgan fingerprint density at radius 1 is 1.29 bits per heavy atom. The topological polar surface area (TPSA) is 88.4 Å². The van der Waals surface area contributed by atoms with Gasteiger partial charge in [-0.15, -0.1) is 0 Å². The molecule has 1 aliphatic rings. The summed E-state index contributed by atoms with van der Waals surface area (Å²) in [5.41, 5.74) is 2.81. The van der Waals surface area contributed by atoms with Gasteiger partial charge in [0.05, 0.1) is 11.7 Å². The van der Waals surface area contributed by atoms with Crippen LogP contribution in [0, 0.1) is 11.6 Å². The molecule has 7 nitrogen and oxygen atoms in total. The van der Waals surface area contributed by atoms with E-state index in [0.717, 1.165) is 17.3 Å². The van der Waals surface area contributed by atoms with E-state index in [1.165, 1.54) is 13.0 Å². The number of hydrogen-bond acceptors (Lipinski definition) is 6. The molecule has 1 aromatic carbocycles. The Kier molecular flexibility index (Phi) is 5.50. The number of anilines is 1. The summed E-state index contributed by atoms with van der Waals surface area (Å²) in [4.78, 5) is 26.3. The predicted octanol–water partition coefficient (Wildman–Crippen LogP) is 3.79. The van der Waals surface area contributed by atoms with Crippen LogP contribution < -0.4 is 9.64 Å². The van der Waals surface area contributed by atoms with Crippen LogP contribution in [0.3, 0.4) is 0 Å². The van der Waals surface area contributed by atoms with Crippen LogP contribution in [-0.4, -0.2) is 38.7 Å². The number of carboxylic acid groups (broad SMARTS) is 1. The lowest BCUT2D eigenvalue weighted by Crippen LogP contribution is -2.35. The SMILES string of the molecule is CC(Oc1cc(N2CCc3nc(-c4ccccn4)ncc3C2C)cc(F)c1F)C(=O)O. The minimum atomic E-state index is -1.32. The number of hydrogen-bond donors (Lipinski definition) is 1. The number of pyridine rings is 1. The number of halogens is 2. The summed E-state index contributed by atoms with van der Waals surface area (Å²) in [6.07, 6.45) is 2.66. The molecule has 0 fully saturated rings. The summed E-state index contributed by atoms with van der Waals surface area (Å²) in [5.74, 6) is -3.50. The second kappa shape index (κ2) is 8.25. The Bertz CT molecular complexity index is 1130. The van der Waals surface area contributed by atoms with Crippen molar-refractivity contribution >= 4 is 11.7 Å². The second-order valence-electron chi connectivity index (χ2n) is 7.27. The van der Waals surface area contributed by atoms with Gasteiger partial charge in [0, 0.05) is 48.7 Å². The molecule has 0 spiro atoms. The Hall–Kier alpha value is -3.62. The van der Waals surface area contributed by atoms with E-state index in [2.05, 4.69) is 15.0 Å². The standard InChI is InChI=1S/C22H20F2N4O3/c1-12-15-11-26-21(18-5-3-4-7-25-18)27-17(15)6-8-28(12)14-9-16(23)20(24)19(10-14)31-13(2)22(29)30/h3-5,7,9-13H,6,8H2,1-2H3,(H,29,30). The fraction of sp³-hybridized carbons (Fsp3) is 0.273. The van der Waals surface area contributed by atoms with Crippen molar-refractivity contribution in [3.8, 4) is 17.3 Å². The minimum absolute atomic E-state index is 0.212. The van der Waals surface area contributed by atoms with Crippen LogP contribution >= 0.6 is 0 Å². The molecule has 0 saturated heterocycles. The summed E-state index contributed by atoms with van der Waals surface area (Å²) in [6.45, 7) is 3.68. The molecule has 0 saturated carbocycles. The van der Waals surface area contributed by atoms with Crippen molar-refractivity contribution in [1.82, 2.24) is 15.0 Å². The number of carbonyl (C=O) groups is 1. The lowest BCUT2D eigenvalue weighted by molar-refractivity contribution is -0.144. The van der Waals surface area contributed by atoms with Gasteiger partial charge < -0.3 is 14.7 Å². The molecule has 4 rings (SSSR count). The molecule has 1 N–H and O–H groups in total. The van der Waals surface area contributed by atoms with E-state index in [4.69, 9.17) is 9.84 Å². The number of aliphatic carboxylic acids is 1. The van der Waals surface area contributed by atoms with Gasteiger partial charge in [-0.25, -0.2) is 19.2 Å². The molecule has 0 aliphatic carbocycles. The first-order valence-corrected chi connectivity index (χ1v) is 9.77. The van der Waals surface area contributed by atoms with Gasteiger partial charge in [-0.05, 0) is 26.0 Å². The molecule has 0 radical (unpaired) electrons. The number of benzene rings is 1. The zero-order chi connectivity index (χ0) is 22.1. The van der Waals surface area contributed by atoms with Gasteiger partial charge in [-0.2, -0.15) is 4.39 Å². The maximum atomic E-state index is 14.2. The van der Waals surface area contributed by atoms with E-state index in [1.807, 2.05) is 30.0 Å². The lowest BCUT2D eigenvalue weighted by atomic mass is 9.98. The van der Waals surface area contributed by atoms with Crippen LogP contribution in [0.5, 0.6) is 5.75 Å². The molecular weight excluding hydrogens is 406 g/mol. The third kappa shape index (κ3) is 4.03. The number of nitrogens with zero attached hydrogens (tertiary/aromatic N) is 4. The highest BCUT2D eigenvalue weighted by Gasteiger charge is 2.28. The summed E-state index contributed by atoms with van der Waals surface area (Å²) < 4.78 is 33.5. The largest absolute Gasteiger partial charge is 0.479 e. The first-order chi connectivity index (χ1) is 14.8. The molecule has 3 heterocycles. The Balaban J connectivity index is 1.64. The van der Waals surface area contributed by atoms with Crippen molar-refractivity contribution < 1.29 is 23.4 Å². The minimum Gasteiger partial charge on any atom is -0.479 e. The number of fused-ring (bicyclic) bond motifs is 1. The third-order valence-electron chi connectivity index (χ3n) is 5.26. The normalized spacial score (nSPS) is 16.5. The van der Waals surface area contributed by atoms with Crippen molar-refractivity contribution in [2.45, 2.75) is 32.4 Å². The first kappa shape index (κ1) is 20.6. The van der Waals surface area contributed by atoms with Gasteiger partial charge >= 0.3 is 5.97 Å². The van der Waals surface area contributed by atoms with Crippen molar-refractivity contribution in [3.05, 3.63) is 65.6 Å². The fourth-order valence-electron chi connectivity index (χ4n) is 3.58. The summed E-state index contributed by atoms with van der Waals surface area (Å²) in [5, 5.41) is 9.01. The van der Waals surface area contributed by atoms with Crippen LogP contribution in [0.1, 0.15) is 31.1 Å². The summed E-state index contributed by atoms with van der Waals surface area (Å²) in [7, 11) is 0. The van der Waals surface area contributed by atoms with E-state index in [1.54, 1.807) is 12.4 Å².